The number of benzene rings is 2. The average Bonchev–Trinajstić information content (AvgIpc) is 2.38. The average molecular weight is 398 g/mol. The summed E-state index contributed by atoms with van der Waals surface area (Å²) in [6, 6.07) is 14.0. The van der Waals surface area contributed by atoms with E-state index in [0.29, 0.717) is 6.54 Å². The summed E-state index contributed by atoms with van der Waals surface area (Å²) in [7, 11) is 1.83. The standard InChI is InChI=1S/C16H16FIN2O/c1-20(10-12-4-2-5-13(17)8-12)11-16(21)19-15-7-3-6-14(18)9-15/h2-9H,10-11H2,1H3,(H,19,21). The van der Waals surface area contributed by atoms with Crippen molar-refractivity contribution >= 4 is 34.2 Å². The smallest absolute Gasteiger partial charge is 0.238 e. The lowest BCUT2D eigenvalue weighted by Gasteiger charge is -2.16. The van der Waals surface area contributed by atoms with Gasteiger partial charge in [-0.05, 0) is 65.5 Å². The van der Waals surface area contributed by atoms with Crippen molar-refractivity contribution in [3.8, 4) is 0 Å². The van der Waals surface area contributed by atoms with Crippen LogP contribution in [-0.2, 0) is 11.3 Å². The minimum absolute atomic E-state index is 0.0871. The fourth-order valence-electron chi connectivity index (χ4n) is 2.01. The van der Waals surface area contributed by atoms with E-state index in [4.69, 9.17) is 0 Å². The number of hydrogen-bond acceptors (Lipinski definition) is 2. The second-order valence-corrected chi connectivity index (χ2v) is 6.11. The molecule has 3 nitrogen and oxygen atoms in total. The first kappa shape index (κ1) is 15.9. The summed E-state index contributed by atoms with van der Waals surface area (Å²) in [4.78, 5) is 13.8. The highest BCUT2D eigenvalue weighted by Crippen LogP contribution is 2.12. The molecule has 0 fully saturated rings. The van der Waals surface area contributed by atoms with Gasteiger partial charge in [0.2, 0.25) is 5.91 Å². The molecule has 0 atom stereocenters. The fourth-order valence-corrected chi connectivity index (χ4v) is 2.56. The van der Waals surface area contributed by atoms with Crippen LogP contribution in [-0.4, -0.2) is 24.4 Å². The maximum atomic E-state index is 13.1. The molecule has 0 heterocycles. The first-order valence-electron chi connectivity index (χ1n) is 6.51. The number of nitrogens with one attached hydrogen (secondary N) is 1. The van der Waals surface area contributed by atoms with Crippen molar-refractivity contribution in [3.05, 3.63) is 63.5 Å². The lowest BCUT2D eigenvalue weighted by molar-refractivity contribution is -0.117. The molecule has 1 N–H and O–H groups in total. The Balaban J connectivity index is 1.87. The van der Waals surface area contributed by atoms with Crippen LogP contribution in [0, 0.1) is 9.39 Å². The molecule has 2 aromatic carbocycles. The Hall–Kier alpha value is -1.47. The van der Waals surface area contributed by atoms with E-state index in [0.717, 1.165) is 14.8 Å². The van der Waals surface area contributed by atoms with Gasteiger partial charge in [0.05, 0.1) is 6.54 Å². The van der Waals surface area contributed by atoms with Crippen LogP contribution in [0.1, 0.15) is 5.56 Å². The summed E-state index contributed by atoms with van der Waals surface area (Å²) in [6.45, 7) is 0.777. The number of nitrogens with zero attached hydrogens (tertiary/aromatic N) is 1. The zero-order valence-corrected chi connectivity index (χ0v) is 13.8. The van der Waals surface area contributed by atoms with E-state index >= 15 is 0 Å². The zero-order chi connectivity index (χ0) is 15.2. The molecule has 0 radical (unpaired) electrons. The Labute approximate surface area is 137 Å². The quantitative estimate of drug-likeness (QED) is 0.783. The molecule has 0 saturated heterocycles. The molecule has 0 saturated carbocycles. The van der Waals surface area contributed by atoms with Gasteiger partial charge in [-0.1, -0.05) is 18.2 Å². The lowest BCUT2D eigenvalue weighted by Crippen LogP contribution is -2.29. The molecule has 0 aliphatic rings. The Kier molecular flexibility index (Phi) is 5.69. The van der Waals surface area contributed by atoms with Crippen LogP contribution in [0.25, 0.3) is 0 Å². The highest BCUT2D eigenvalue weighted by atomic mass is 127. The van der Waals surface area contributed by atoms with E-state index in [-0.39, 0.29) is 18.3 Å². The number of likely N-dealkylation sites (N-methyl/N-ethyl adjacent to an activating group) is 1. The van der Waals surface area contributed by atoms with Gasteiger partial charge in [-0.25, -0.2) is 4.39 Å². The van der Waals surface area contributed by atoms with Crippen LogP contribution in [0.2, 0.25) is 0 Å². The van der Waals surface area contributed by atoms with E-state index in [1.807, 2.05) is 42.3 Å². The third-order valence-corrected chi connectivity index (χ3v) is 3.53. The molecule has 0 unspecified atom stereocenters. The zero-order valence-electron chi connectivity index (χ0n) is 11.6. The van der Waals surface area contributed by atoms with Crippen molar-refractivity contribution in [2.24, 2.45) is 0 Å². The minimum atomic E-state index is -0.260. The molecule has 2 rings (SSSR count). The van der Waals surface area contributed by atoms with E-state index in [9.17, 15) is 9.18 Å². The van der Waals surface area contributed by atoms with Crippen molar-refractivity contribution in [2.45, 2.75) is 6.54 Å². The summed E-state index contributed by atoms with van der Waals surface area (Å²) in [5.41, 5.74) is 1.63. The van der Waals surface area contributed by atoms with Gasteiger partial charge >= 0.3 is 0 Å². The van der Waals surface area contributed by atoms with Crippen LogP contribution in [0.3, 0.4) is 0 Å². The van der Waals surface area contributed by atoms with Crippen LogP contribution in [0.5, 0.6) is 0 Å². The van der Waals surface area contributed by atoms with Crippen molar-refractivity contribution in [1.29, 1.82) is 0 Å². The molecule has 21 heavy (non-hydrogen) atoms. The molecule has 2 aromatic rings. The molecule has 0 aromatic heterocycles. The Bertz CT molecular complexity index is 633. The largest absolute Gasteiger partial charge is 0.325 e. The van der Waals surface area contributed by atoms with Gasteiger partial charge in [0, 0.05) is 15.8 Å². The monoisotopic (exact) mass is 398 g/mol. The number of hydrogen-bond donors (Lipinski definition) is 1. The Morgan fingerprint density at radius 3 is 2.71 bits per heavy atom. The molecule has 0 aliphatic carbocycles. The summed E-state index contributed by atoms with van der Waals surface area (Å²) in [6.07, 6.45) is 0. The van der Waals surface area contributed by atoms with Crippen molar-refractivity contribution in [2.75, 3.05) is 18.9 Å². The molecule has 0 spiro atoms. The molecule has 5 heteroatoms. The summed E-state index contributed by atoms with van der Waals surface area (Å²) < 4.78 is 14.2. The highest BCUT2D eigenvalue weighted by molar-refractivity contribution is 14.1. The van der Waals surface area contributed by atoms with Crippen LogP contribution < -0.4 is 5.32 Å². The van der Waals surface area contributed by atoms with Gasteiger partial charge in [-0.3, -0.25) is 9.69 Å². The molecular formula is C16H16FIN2O. The van der Waals surface area contributed by atoms with Crippen molar-refractivity contribution < 1.29 is 9.18 Å². The summed E-state index contributed by atoms with van der Waals surface area (Å²) in [5.74, 6) is -0.347. The number of carbonyl (C=O) groups excluding carboxylic acids is 1. The number of amides is 1. The Morgan fingerprint density at radius 1 is 1.24 bits per heavy atom. The number of anilines is 1. The van der Waals surface area contributed by atoms with Gasteiger partial charge in [0.1, 0.15) is 5.82 Å². The van der Waals surface area contributed by atoms with Gasteiger partial charge in [0.25, 0.3) is 0 Å². The predicted molar refractivity (Wildman–Crippen MR) is 90.5 cm³/mol. The Morgan fingerprint density at radius 2 is 2.00 bits per heavy atom. The van der Waals surface area contributed by atoms with E-state index in [2.05, 4.69) is 27.9 Å². The van der Waals surface area contributed by atoms with E-state index in [1.165, 1.54) is 12.1 Å². The maximum absolute atomic E-state index is 13.1. The summed E-state index contributed by atoms with van der Waals surface area (Å²) in [5, 5.41) is 2.85. The van der Waals surface area contributed by atoms with E-state index < -0.39 is 0 Å². The predicted octanol–water partition coefficient (Wildman–Crippen LogP) is 3.50. The number of halogens is 2. The summed E-state index contributed by atoms with van der Waals surface area (Å²) >= 11 is 2.20. The molecular weight excluding hydrogens is 382 g/mol. The number of carbonyl (C=O) groups is 1. The fraction of sp³-hybridized carbons (Fsp3) is 0.188. The van der Waals surface area contributed by atoms with Gasteiger partial charge < -0.3 is 5.32 Å². The molecule has 110 valence electrons. The van der Waals surface area contributed by atoms with Gasteiger partial charge in [0.15, 0.2) is 0 Å². The molecule has 1 amide bonds. The second kappa shape index (κ2) is 7.51. The molecule has 0 aliphatic heterocycles. The first-order chi connectivity index (χ1) is 10.0. The van der Waals surface area contributed by atoms with Crippen LogP contribution in [0.15, 0.2) is 48.5 Å². The highest BCUT2D eigenvalue weighted by Gasteiger charge is 2.08. The van der Waals surface area contributed by atoms with E-state index in [1.54, 1.807) is 6.07 Å². The van der Waals surface area contributed by atoms with Crippen molar-refractivity contribution in [1.82, 2.24) is 4.90 Å². The minimum Gasteiger partial charge on any atom is -0.325 e. The number of rotatable bonds is 5. The van der Waals surface area contributed by atoms with Crippen LogP contribution in [0.4, 0.5) is 10.1 Å². The van der Waals surface area contributed by atoms with Crippen molar-refractivity contribution in [3.63, 3.8) is 0 Å². The van der Waals surface area contributed by atoms with Gasteiger partial charge in [-0.2, -0.15) is 0 Å². The second-order valence-electron chi connectivity index (χ2n) is 4.86. The maximum Gasteiger partial charge on any atom is 0.238 e. The SMILES string of the molecule is CN(CC(=O)Nc1cccc(I)c1)Cc1cccc(F)c1. The van der Waals surface area contributed by atoms with Crippen LogP contribution >= 0.6 is 22.6 Å². The molecule has 0 bridgehead atoms. The lowest BCUT2D eigenvalue weighted by atomic mass is 10.2. The third-order valence-electron chi connectivity index (χ3n) is 2.86. The first-order valence-corrected chi connectivity index (χ1v) is 7.59. The topological polar surface area (TPSA) is 32.3 Å². The third kappa shape index (κ3) is 5.43. The normalized spacial score (nSPS) is 10.7. The van der Waals surface area contributed by atoms with Gasteiger partial charge in [-0.15, -0.1) is 0 Å².